The number of benzene rings is 1. The third kappa shape index (κ3) is 4.88. The lowest BCUT2D eigenvalue weighted by Crippen LogP contribution is -2.47. The number of likely N-dealkylation sites (tertiary alicyclic amines) is 1. The van der Waals surface area contributed by atoms with Crippen molar-refractivity contribution in [2.45, 2.75) is 33.1 Å². The molecule has 1 aromatic rings. The lowest BCUT2D eigenvalue weighted by molar-refractivity contribution is -0.143. The number of ether oxygens (including phenoxy) is 1. The van der Waals surface area contributed by atoms with Crippen molar-refractivity contribution in [3.8, 4) is 5.75 Å². The Morgan fingerprint density at radius 2 is 2.08 bits per heavy atom. The molecule has 24 heavy (non-hydrogen) atoms. The van der Waals surface area contributed by atoms with Crippen molar-refractivity contribution < 1.29 is 19.4 Å². The first-order chi connectivity index (χ1) is 11.5. The van der Waals surface area contributed by atoms with Crippen molar-refractivity contribution >= 4 is 17.7 Å². The van der Waals surface area contributed by atoms with Gasteiger partial charge in [0.25, 0.3) is 0 Å². The highest BCUT2D eigenvalue weighted by atomic mass is 16.5. The predicted octanol–water partition coefficient (Wildman–Crippen LogP) is 3.44. The number of nitrogens with zero attached hydrogens (tertiary/aromatic N) is 1. The fourth-order valence-electron chi connectivity index (χ4n) is 2.91. The van der Waals surface area contributed by atoms with Gasteiger partial charge in [-0.15, -0.1) is 0 Å². The Morgan fingerprint density at radius 3 is 2.79 bits per heavy atom. The third-order valence-electron chi connectivity index (χ3n) is 4.18. The van der Waals surface area contributed by atoms with Crippen LogP contribution in [0.4, 0.5) is 10.5 Å². The van der Waals surface area contributed by atoms with Gasteiger partial charge in [-0.25, -0.2) is 4.79 Å². The predicted molar refractivity (Wildman–Crippen MR) is 92.3 cm³/mol. The first-order valence-corrected chi connectivity index (χ1v) is 8.51. The Balaban J connectivity index is 2.02. The number of carbonyl (C=O) groups excluding carboxylic acids is 1. The van der Waals surface area contributed by atoms with E-state index in [4.69, 9.17) is 4.74 Å². The second-order valence-corrected chi connectivity index (χ2v) is 6.41. The van der Waals surface area contributed by atoms with Crippen LogP contribution in [-0.2, 0) is 4.79 Å². The van der Waals surface area contributed by atoms with Gasteiger partial charge in [-0.2, -0.15) is 0 Å². The Labute approximate surface area is 142 Å². The molecule has 132 valence electrons. The van der Waals surface area contributed by atoms with E-state index in [-0.39, 0.29) is 18.5 Å². The molecule has 0 saturated carbocycles. The van der Waals surface area contributed by atoms with E-state index in [2.05, 4.69) is 12.2 Å². The molecule has 0 bridgehead atoms. The van der Waals surface area contributed by atoms with Crippen molar-refractivity contribution in [2.75, 3.05) is 25.0 Å². The van der Waals surface area contributed by atoms with Crippen LogP contribution in [0.5, 0.6) is 5.75 Å². The Hall–Kier alpha value is -2.24. The van der Waals surface area contributed by atoms with E-state index in [9.17, 15) is 14.7 Å². The van der Waals surface area contributed by atoms with Crippen LogP contribution in [0, 0.1) is 11.8 Å². The van der Waals surface area contributed by atoms with E-state index in [1.807, 2.05) is 25.1 Å². The summed E-state index contributed by atoms with van der Waals surface area (Å²) in [6.07, 6.45) is 2.60. The van der Waals surface area contributed by atoms with Gasteiger partial charge in [0, 0.05) is 13.1 Å². The van der Waals surface area contributed by atoms with Crippen LogP contribution in [0.3, 0.4) is 0 Å². The minimum atomic E-state index is -0.845. The van der Waals surface area contributed by atoms with Gasteiger partial charge in [-0.1, -0.05) is 32.4 Å². The van der Waals surface area contributed by atoms with Crippen LogP contribution in [0.1, 0.15) is 33.1 Å². The monoisotopic (exact) mass is 334 g/mol. The quantitative estimate of drug-likeness (QED) is 0.781. The molecule has 2 N–H and O–H groups in total. The van der Waals surface area contributed by atoms with Gasteiger partial charge in [-0.05, 0) is 30.9 Å². The summed E-state index contributed by atoms with van der Waals surface area (Å²) >= 11 is 0. The van der Waals surface area contributed by atoms with Crippen LogP contribution in [0.25, 0.3) is 0 Å². The number of carbonyl (C=O) groups is 2. The Morgan fingerprint density at radius 1 is 1.33 bits per heavy atom. The van der Waals surface area contributed by atoms with Crippen molar-refractivity contribution in [2.24, 2.45) is 11.8 Å². The number of carboxylic acids is 1. The number of anilines is 1. The first-order valence-electron chi connectivity index (χ1n) is 8.51. The summed E-state index contributed by atoms with van der Waals surface area (Å²) in [5.74, 6) is -0.543. The van der Waals surface area contributed by atoms with E-state index < -0.39 is 11.9 Å². The van der Waals surface area contributed by atoms with E-state index in [1.165, 1.54) is 0 Å². The van der Waals surface area contributed by atoms with Gasteiger partial charge in [0.05, 0.1) is 18.2 Å². The normalized spacial score (nSPS) is 20.5. The van der Waals surface area contributed by atoms with Gasteiger partial charge in [0.1, 0.15) is 5.75 Å². The van der Waals surface area contributed by atoms with Crippen LogP contribution in [0.15, 0.2) is 24.3 Å². The zero-order valence-corrected chi connectivity index (χ0v) is 14.3. The van der Waals surface area contributed by atoms with Gasteiger partial charge in [-0.3, -0.25) is 4.79 Å². The first kappa shape index (κ1) is 18.1. The summed E-state index contributed by atoms with van der Waals surface area (Å²) in [6, 6.07) is 7.03. The molecule has 2 rings (SSSR count). The lowest BCUT2D eigenvalue weighted by Gasteiger charge is -2.34. The number of rotatable bonds is 6. The number of unbranched alkanes of at least 4 members (excludes halogenated alkanes) is 1. The Kier molecular flexibility index (Phi) is 6.46. The molecule has 1 aliphatic rings. The minimum absolute atomic E-state index is 0.168. The molecular formula is C18H26N2O4. The summed E-state index contributed by atoms with van der Waals surface area (Å²) in [5, 5.41) is 12.1. The molecule has 2 amide bonds. The maximum atomic E-state index is 12.5. The number of piperidine rings is 1. The number of hydrogen-bond donors (Lipinski definition) is 2. The standard InChI is InChI=1S/C18H26N2O4/c1-3-4-9-24-16-8-6-5-7-15(16)19-18(23)20-11-13(2)10-14(12-20)17(21)22/h5-8,13-14H,3-4,9-12H2,1-2H3,(H,19,23)(H,21,22). The molecule has 0 aromatic heterocycles. The second kappa shape index (κ2) is 8.57. The number of aliphatic carboxylic acids is 1. The van der Waals surface area contributed by atoms with E-state index >= 15 is 0 Å². The van der Waals surface area contributed by atoms with Gasteiger partial charge in [0.2, 0.25) is 0 Å². The fourth-order valence-corrected chi connectivity index (χ4v) is 2.91. The van der Waals surface area contributed by atoms with Crippen LogP contribution < -0.4 is 10.1 Å². The molecule has 0 aliphatic carbocycles. The fraction of sp³-hybridized carbons (Fsp3) is 0.556. The smallest absolute Gasteiger partial charge is 0.321 e. The van der Waals surface area contributed by atoms with E-state index in [1.54, 1.807) is 11.0 Å². The summed E-state index contributed by atoms with van der Waals surface area (Å²) in [7, 11) is 0. The molecule has 1 aromatic carbocycles. The van der Waals surface area contributed by atoms with Crippen LogP contribution in [-0.4, -0.2) is 41.7 Å². The van der Waals surface area contributed by atoms with Gasteiger partial charge < -0.3 is 20.1 Å². The van der Waals surface area contributed by atoms with Crippen LogP contribution in [0.2, 0.25) is 0 Å². The van der Waals surface area contributed by atoms with E-state index in [0.717, 1.165) is 12.8 Å². The molecule has 6 heteroatoms. The molecule has 6 nitrogen and oxygen atoms in total. The SMILES string of the molecule is CCCCOc1ccccc1NC(=O)N1CC(C)CC(C(=O)O)C1. The number of carboxylic acid groups (broad SMARTS) is 1. The van der Waals surface area contributed by atoms with Gasteiger partial charge >= 0.3 is 12.0 Å². The molecule has 2 atom stereocenters. The minimum Gasteiger partial charge on any atom is -0.491 e. The van der Waals surface area contributed by atoms with Crippen molar-refractivity contribution in [1.29, 1.82) is 0 Å². The molecule has 2 unspecified atom stereocenters. The topological polar surface area (TPSA) is 78.9 Å². The zero-order chi connectivity index (χ0) is 17.5. The highest BCUT2D eigenvalue weighted by Crippen LogP contribution is 2.26. The maximum absolute atomic E-state index is 12.5. The number of urea groups is 1. The Bertz CT molecular complexity index is 576. The van der Waals surface area contributed by atoms with Crippen molar-refractivity contribution in [3.05, 3.63) is 24.3 Å². The average Bonchev–Trinajstić information content (AvgIpc) is 2.56. The number of nitrogens with one attached hydrogen (secondary N) is 1. The maximum Gasteiger partial charge on any atom is 0.321 e. The average molecular weight is 334 g/mol. The summed E-state index contributed by atoms with van der Waals surface area (Å²) in [5.41, 5.74) is 0.615. The van der Waals surface area contributed by atoms with Gasteiger partial charge in [0.15, 0.2) is 0 Å². The third-order valence-corrected chi connectivity index (χ3v) is 4.18. The molecule has 1 saturated heterocycles. The van der Waals surface area contributed by atoms with Crippen LogP contribution >= 0.6 is 0 Å². The zero-order valence-electron chi connectivity index (χ0n) is 14.3. The number of hydrogen-bond acceptors (Lipinski definition) is 3. The molecule has 0 spiro atoms. The molecule has 0 radical (unpaired) electrons. The number of amides is 2. The summed E-state index contributed by atoms with van der Waals surface area (Å²) in [6.45, 7) is 5.47. The molecule has 1 heterocycles. The van der Waals surface area contributed by atoms with E-state index in [0.29, 0.717) is 31.0 Å². The highest BCUT2D eigenvalue weighted by Gasteiger charge is 2.32. The molecule has 1 fully saturated rings. The molecular weight excluding hydrogens is 308 g/mol. The summed E-state index contributed by atoms with van der Waals surface area (Å²) in [4.78, 5) is 25.4. The largest absolute Gasteiger partial charge is 0.491 e. The van der Waals surface area contributed by atoms with Crippen molar-refractivity contribution in [3.63, 3.8) is 0 Å². The van der Waals surface area contributed by atoms with Crippen molar-refractivity contribution in [1.82, 2.24) is 4.90 Å². The summed E-state index contributed by atoms with van der Waals surface area (Å²) < 4.78 is 5.72. The lowest BCUT2D eigenvalue weighted by atomic mass is 9.91. The number of para-hydroxylation sites is 2. The second-order valence-electron chi connectivity index (χ2n) is 6.41. The molecule has 1 aliphatic heterocycles. The highest BCUT2D eigenvalue weighted by molar-refractivity contribution is 5.91.